The van der Waals surface area contributed by atoms with Gasteiger partial charge in [0.05, 0.1) is 0 Å². The van der Waals surface area contributed by atoms with E-state index in [-0.39, 0.29) is 12.8 Å². The van der Waals surface area contributed by atoms with Crippen LogP contribution in [0.25, 0.3) is 0 Å². The third-order valence-electron chi connectivity index (χ3n) is 4.56. The zero-order valence-corrected chi connectivity index (χ0v) is 10.5. The van der Waals surface area contributed by atoms with Gasteiger partial charge in [0.2, 0.25) is 5.92 Å². The van der Waals surface area contributed by atoms with Crippen molar-refractivity contribution in [1.82, 2.24) is 0 Å². The van der Waals surface area contributed by atoms with Crippen molar-refractivity contribution in [2.75, 3.05) is 0 Å². The van der Waals surface area contributed by atoms with Gasteiger partial charge in [-0.2, -0.15) is 0 Å². The van der Waals surface area contributed by atoms with Crippen LogP contribution in [-0.4, -0.2) is 5.92 Å². The van der Waals surface area contributed by atoms with Crippen LogP contribution in [0, 0.1) is 0 Å². The van der Waals surface area contributed by atoms with Crippen LogP contribution in [0.4, 0.5) is 8.78 Å². The van der Waals surface area contributed by atoms with Gasteiger partial charge in [0.15, 0.2) is 0 Å². The number of rotatable bonds is 1. The van der Waals surface area contributed by atoms with E-state index in [0.29, 0.717) is 12.8 Å². The van der Waals surface area contributed by atoms with Gasteiger partial charge in [-0.3, -0.25) is 0 Å². The Hall–Kier alpha value is -0.960. The zero-order chi connectivity index (χ0) is 12.8. The quantitative estimate of drug-likeness (QED) is 0.811. The van der Waals surface area contributed by atoms with Crippen molar-refractivity contribution in [1.29, 1.82) is 0 Å². The summed E-state index contributed by atoms with van der Waals surface area (Å²) in [6, 6.07) is 6.22. The monoisotopic (exact) mass is 251 g/mol. The first-order valence-electron chi connectivity index (χ1n) is 6.78. The third kappa shape index (κ3) is 1.95. The Balaban J connectivity index is 1.93. The summed E-state index contributed by atoms with van der Waals surface area (Å²) in [5, 5.41) is 0. The maximum absolute atomic E-state index is 13.3. The second kappa shape index (κ2) is 4.02. The van der Waals surface area contributed by atoms with Crippen LogP contribution < -0.4 is 5.73 Å². The van der Waals surface area contributed by atoms with E-state index in [9.17, 15) is 8.78 Å². The Kier molecular flexibility index (Phi) is 2.70. The lowest BCUT2D eigenvalue weighted by atomic mass is 9.74. The van der Waals surface area contributed by atoms with Crippen molar-refractivity contribution >= 4 is 0 Å². The van der Waals surface area contributed by atoms with Gasteiger partial charge in [-0.1, -0.05) is 18.2 Å². The minimum Gasteiger partial charge on any atom is -0.321 e. The zero-order valence-electron chi connectivity index (χ0n) is 10.5. The van der Waals surface area contributed by atoms with Gasteiger partial charge in [-0.15, -0.1) is 0 Å². The first-order valence-corrected chi connectivity index (χ1v) is 6.78. The molecule has 1 saturated carbocycles. The summed E-state index contributed by atoms with van der Waals surface area (Å²) in [6.07, 6.45) is 3.97. The van der Waals surface area contributed by atoms with Crippen LogP contribution in [-0.2, 0) is 18.4 Å². The van der Waals surface area contributed by atoms with Gasteiger partial charge >= 0.3 is 0 Å². The first-order chi connectivity index (χ1) is 8.50. The lowest BCUT2D eigenvalue weighted by Gasteiger charge is -2.38. The second-order valence-corrected chi connectivity index (χ2v) is 5.81. The van der Waals surface area contributed by atoms with Gasteiger partial charge in [0.25, 0.3) is 0 Å². The number of hydrogen-bond acceptors (Lipinski definition) is 1. The van der Waals surface area contributed by atoms with Crippen LogP contribution >= 0.6 is 0 Å². The largest absolute Gasteiger partial charge is 0.321 e. The van der Waals surface area contributed by atoms with Crippen molar-refractivity contribution in [3.63, 3.8) is 0 Å². The molecule has 0 heterocycles. The number of fused-ring (bicyclic) bond motifs is 1. The highest BCUT2D eigenvalue weighted by Gasteiger charge is 2.43. The molecule has 1 nitrogen and oxygen atoms in total. The van der Waals surface area contributed by atoms with E-state index in [0.717, 1.165) is 18.4 Å². The van der Waals surface area contributed by atoms with Crippen LogP contribution in [0.1, 0.15) is 48.8 Å². The number of benzene rings is 1. The van der Waals surface area contributed by atoms with E-state index in [1.165, 1.54) is 17.5 Å². The van der Waals surface area contributed by atoms with Gasteiger partial charge in [-0.25, -0.2) is 8.78 Å². The second-order valence-electron chi connectivity index (χ2n) is 5.81. The lowest BCUT2D eigenvalue weighted by molar-refractivity contribution is -0.0515. The van der Waals surface area contributed by atoms with Crippen LogP contribution in [0.15, 0.2) is 18.2 Å². The van der Waals surface area contributed by atoms with Crippen molar-refractivity contribution in [2.24, 2.45) is 5.73 Å². The molecule has 0 atom stereocenters. The molecule has 0 aromatic heterocycles. The molecule has 18 heavy (non-hydrogen) atoms. The SMILES string of the molecule is NC1(c2cccc3c2CCC3)CCC(F)(F)CC1. The molecule has 0 radical (unpaired) electrons. The average molecular weight is 251 g/mol. The summed E-state index contributed by atoms with van der Waals surface area (Å²) < 4.78 is 26.6. The molecule has 0 aliphatic heterocycles. The highest BCUT2D eigenvalue weighted by molar-refractivity contribution is 5.42. The minimum absolute atomic E-state index is 0.0762. The smallest absolute Gasteiger partial charge is 0.248 e. The maximum Gasteiger partial charge on any atom is 0.248 e. The fourth-order valence-electron chi connectivity index (χ4n) is 3.42. The van der Waals surface area contributed by atoms with E-state index < -0.39 is 11.5 Å². The number of aryl methyl sites for hydroxylation is 1. The molecule has 0 amide bonds. The molecule has 2 aliphatic carbocycles. The summed E-state index contributed by atoms with van der Waals surface area (Å²) in [7, 11) is 0. The Morgan fingerprint density at radius 3 is 2.44 bits per heavy atom. The minimum atomic E-state index is -2.51. The summed E-state index contributed by atoms with van der Waals surface area (Å²) in [6.45, 7) is 0. The Labute approximate surface area is 106 Å². The molecule has 2 N–H and O–H groups in total. The summed E-state index contributed by atoms with van der Waals surface area (Å²) >= 11 is 0. The van der Waals surface area contributed by atoms with Crippen molar-refractivity contribution in [3.8, 4) is 0 Å². The average Bonchev–Trinajstić information content (AvgIpc) is 2.81. The fraction of sp³-hybridized carbons (Fsp3) is 0.600. The highest BCUT2D eigenvalue weighted by Crippen LogP contribution is 2.44. The topological polar surface area (TPSA) is 26.0 Å². The number of alkyl halides is 2. The lowest BCUT2D eigenvalue weighted by Crippen LogP contribution is -2.44. The molecule has 1 aromatic carbocycles. The number of hydrogen-bond donors (Lipinski definition) is 1. The molecule has 1 fully saturated rings. The predicted molar refractivity (Wildman–Crippen MR) is 67.7 cm³/mol. The van der Waals surface area contributed by atoms with Gasteiger partial charge in [0.1, 0.15) is 0 Å². The molecule has 98 valence electrons. The molecule has 0 spiro atoms. The molecule has 3 heteroatoms. The van der Waals surface area contributed by atoms with Gasteiger partial charge in [-0.05, 0) is 48.8 Å². The molecule has 0 saturated heterocycles. The molecule has 0 bridgehead atoms. The number of halogens is 2. The Morgan fingerprint density at radius 1 is 1.00 bits per heavy atom. The van der Waals surface area contributed by atoms with E-state index in [2.05, 4.69) is 6.07 Å². The summed E-state index contributed by atoms with van der Waals surface area (Å²) in [4.78, 5) is 0. The van der Waals surface area contributed by atoms with Crippen molar-refractivity contribution in [3.05, 3.63) is 34.9 Å². The summed E-state index contributed by atoms with van der Waals surface area (Å²) in [5.74, 6) is -2.51. The molecule has 2 aliphatic rings. The molecular weight excluding hydrogens is 232 g/mol. The fourth-order valence-corrected chi connectivity index (χ4v) is 3.42. The van der Waals surface area contributed by atoms with Crippen LogP contribution in [0.2, 0.25) is 0 Å². The van der Waals surface area contributed by atoms with Crippen molar-refractivity contribution < 1.29 is 8.78 Å². The van der Waals surface area contributed by atoms with Crippen LogP contribution in [0.3, 0.4) is 0 Å². The highest BCUT2D eigenvalue weighted by atomic mass is 19.3. The van der Waals surface area contributed by atoms with Crippen LogP contribution in [0.5, 0.6) is 0 Å². The van der Waals surface area contributed by atoms with Gasteiger partial charge < -0.3 is 5.73 Å². The van der Waals surface area contributed by atoms with Gasteiger partial charge in [0, 0.05) is 18.4 Å². The third-order valence-corrected chi connectivity index (χ3v) is 4.56. The predicted octanol–water partition coefficient (Wildman–Crippen LogP) is 3.54. The standard InChI is InChI=1S/C15H19F2N/c16-15(17)9-7-14(18,8-10-15)13-6-2-4-11-3-1-5-12(11)13/h2,4,6H,1,3,5,7-10,18H2. The van der Waals surface area contributed by atoms with Crippen molar-refractivity contribution in [2.45, 2.75) is 56.4 Å². The molecule has 0 unspecified atom stereocenters. The Bertz CT molecular complexity index is 458. The van der Waals surface area contributed by atoms with E-state index in [4.69, 9.17) is 5.73 Å². The normalized spacial score (nSPS) is 24.8. The summed E-state index contributed by atoms with van der Waals surface area (Å²) in [5.41, 5.74) is 9.75. The van der Waals surface area contributed by atoms with E-state index in [1.54, 1.807) is 0 Å². The molecule has 1 aromatic rings. The number of nitrogens with two attached hydrogens (primary N) is 1. The van der Waals surface area contributed by atoms with E-state index in [1.807, 2.05) is 12.1 Å². The Morgan fingerprint density at radius 2 is 1.72 bits per heavy atom. The maximum atomic E-state index is 13.3. The first kappa shape index (κ1) is 12.1. The van der Waals surface area contributed by atoms with E-state index >= 15 is 0 Å². The molecular formula is C15H19F2N. The molecule has 3 rings (SSSR count).